The van der Waals surface area contributed by atoms with Gasteiger partial charge in [-0.15, -0.1) is 5.10 Å². The number of nitrogens with one attached hydrogen (secondary N) is 1. The second-order valence-corrected chi connectivity index (χ2v) is 9.13. The Kier molecular flexibility index (Phi) is 6.05. The molecule has 33 heavy (non-hydrogen) atoms. The Morgan fingerprint density at radius 2 is 1.88 bits per heavy atom. The summed E-state index contributed by atoms with van der Waals surface area (Å²) in [5.41, 5.74) is 3.66. The summed E-state index contributed by atoms with van der Waals surface area (Å²) in [4.78, 5) is 18.9. The Labute approximate surface area is 193 Å². The van der Waals surface area contributed by atoms with E-state index in [1.54, 1.807) is 0 Å². The molecule has 4 aromatic rings. The lowest BCUT2D eigenvalue weighted by molar-refractivity contribution is 0.149. The topological polar surface area (TPSA) is 79.7 Å². The summed E-state index contributed by atoms with van der Waals surface area (Å²) in [7, 11) is 2.11. The van der Waals surface area contributed by atoms with Crippen LogP contribution >= 0.6 is 0 Å². The highest BCUT2D eigenvalue weighted by molar-refractivity contribution is 5.82. The monoisotopic (exact) mass is 442 g/mol. The normalized spacial score (nSPS) is 15.8. The summed E-state index contributed by atoms with van der Waals surface area (Å²) in [6, 6.07) is 18.3. The van der Waals surface area contributed by atoms with E-state index in [1.165, 1.54) is 19.3 Å². The van der Waals surface area contributed by atoms with Gasteiger partial charge in [0.1, 0.15) is 6.04 Å². The van der Waals surface area contributed by atoms with Crippen molar-refractivity contribution in [3.63, 3.8) is 0 Å². The first-order valence-electron chi connectivity index (χ1n) is 11.8. The first-order chi connectivity index (χ1) is 16.1. The molecule has 0 amide bonds. The highest BCUT2D eigenvalue weighted by Gasteiger charge is 2.33. The molecule has 2 heterocycles. The number of nitrogens with zero attached hydrogens (tertiary/aromatic N) is 5. The van der Waals surface area contributed by atoms with Crippen molar-refractivity contribution in [2.75, 3.05) is 7.05 Å². The number of tetrazole rings is 1. The third-order valence-corrected chi connectivity index (χ3v) is 6.95. The molecule has 0 bridgehead atoms. The molecule has 170 valence electrons. The van der Waals surface area contributed by atoms with E-state index in [4.69, 9.17) is 0 Å². The number of para-hydroxylation sites is 1. The van der Waals surface area contributed by atoms with Gasteiger partial charge in [-0.25, -0.2) is 4.68 Å². The van der Waals surface area contributed by atoms with Crippen molar-refractivity contribution in [1.29, 1.82) is 0 Å². The number of hydrogen-bond donors (Lipinski definition) is 1. The highest BCUT2D eigenvalue weighted by atomic mass is 16.1. The van der Waals surface area contributed by atoms with E-state index in [0.29, 0.717) is 24.0 Å². The molecule has 1 aliphatic rings. The van der Waals surface area contributed by atoms with Crippen LogP contribution in [0.2, 0.25) is 0 Å². The van der Waals surface area contributed by atoms with Crippen LogP contribution < -0.4 is 5.56 Å². The van der Waals surface area contributed by atoms with Gasteiger partial charge in [0, 0.05) is 11.6 Å². The van der Waals surface area contributed by atoms with Crippen molar-refractivity contribution in [3.05, 3.63) is 87.5 Å². The van der Waals surface area contributed by atoms with E-state index in [0.717, 1.165) is 34.9 Å². The molecule has 0 saturated heterocycles. The average Bonchev–Trinajstić information content (AvgIpc) is 3.29. The lowest BCUT2D eigenvalue weighted by Gasteiger charge is -2.36. The molecular formula is C26H30N6O. The molecule has 1 aliphatic carbocycles. The lowest BCUT2D eigenvalue weighted by Crippen LogP contribution is -2.40. The third-order valence-electron chi connectivity index (χ3n) is 6.95. The van der Waals surface area contributed by atoms with Crippen molar-refractivity contribution in [2.24, 2.45) is 0 Å². The van der Waals surface area contributed by atoms with Crippen LogP contribution in [0.4, 0.5) is 0 Å². The fraction of sp³-hybridized carbons (Fsp3) is 0.385. The highest BCUT2D eigenvalue weighted by Crippen LogP contribution is 2.32. The summed E-state index contributed by atoms with van der Waals surface area (Å²) >= 11 is 0. The Bertz CT molecular complexity index is 1290. The van der Waals surface area contributed by atoms with Gasteiger partial charge in [0.05, 0.1) is 12.1 Å². The summed E-state index contributed by atoms with van der Waals surface area (Å²) in [5, 5.41) is 13.8. The fourth-order valence-electron chi connectivity index (χ4n) is 5.12. The van der Waals surface area contributed by atoms with Crippen molar-refractivity contribution in [2.45, 2.75) is 57.7 Å². The van der Waals surface area contributed by atoms with Gasteiger partial charge in [-0.3, -0.25) is 9.69 Å². The molecule has 2 aromatic heterocycles. The van der Waals surface area contributed by atoms with Gasteiger partial charge in [-0.05, 0) is 59.8 Å². The van der Waals surface area contributed by atoms with Gasteiger partial charge in [0.2, 0.25) is 0 Å². The van der Waals surface area contributed by atoms with E-state index in [1.807, 2.05) is 54.1 Å². The molecule has 1 N–H and O–H groups in total. The fourth-order valence-corrected chi connectivity index (χ4v) is 5.12. The summed E-state index contributed by atoms with van der Waals surface area (Å²) in [6.45, 7) is 2.58. The number of rotatable bonds is 6. The minimum Gasteiger partial charge on any atom is -0.321 e. The quantitative estimate of drug-likeness (QED) is 0.484. The minimum atomic E-state index is -0.333. The van der Waals surface area contributed by atoms with Crippen LogP contribution in [0, 0.1) is 6.92 Å². The van der Waals surface area contributed by atoms with Crippen LogP contribution in [0.15, 0.2) is 59.4 Å². The molecule has 1 atom stereocenters. The summed E-state index contributed by atoms with van der Waals surface area (Å²) in [5.74, 6) is 0.699. The zero-order valence-corrected chi connectivity index (χ0v) is 19.2. The molecule has 0 radical (unpaired) electrons. The van der Waals surface area contributed by atoms with E-state index in [-0.39, 0.29) is 11.6 Å². The largest absolute Gasteiger partial charge is 0.321 e. The standard InChI is InChI=1S/C26H30N6O/c1-18-10-9-13-20-16-22(26(33)27-23(18)20)24(31(2)21-14-7-4-8-15-21)25-28-29-30-32(25)17-19-11-5-3-6-12-19/h3,5-6,9-13,16,21,24H,4,7-8,14-15,17H2,1-2H3,(H,27,33)/t24-/m1/s1. The molecule has 0 aliphatic heterocycles. The number of aromatic nitrogens is 5. The van der Waals surface area contributed by atoms with Crippen molar-refractivity contribution in [1.82, 2.24) is 30.1 Å². The van der Waals surface area contributed by atoms with Gasteiger partial charge < -0.3 is 4.98 Å². The first kappa shape index (κ1) is 21.5. The van der Waals surface area contributed by atoms with Crippen molar-refractivity contribution >= 4 is 10.9 Å². The van der Waals surface area contributed by atoms with Crippen molar-refractivity contribution in [3.8, 4) is 0 Å². The Hall–Kier alpha value is -3.32. The maximum Gasteiger partial charge on any atom is 0.253 e. The van der Waals surface area contributed by atoms with E-state index in [2.05, 4.69) is 44.6 Å². The molecule has 1 fully saturated rings. The Balaban J connectivity index is 1.62. The van der Waals surface area contributed by atoms with Crippen LogP contribution in [0.5, 0.6) is 0 Å². The first-order valence-corrected chi connectivity index (χ1v) is 11.8. The van der Waals surface area contributed by atoms with Gasteiger partial charge >= 0.3 is 0 Å². The van der Waals surface area contributed by atoms with Crippen molar-refractivity contribution < 1.29 is 0 Å². The number of aromatic amines is 1. The number of H-pyrrole nitrogens is 1. The molecule has 5 rings (SSSR count). The van der Waals surface area contributed by atoms with Gasteiger partial charge in [-0.2, -0.15) is 0 Å². The van der Waals surface area contributed by atoms with Crippen LogP contribution in [0.25, 0.3) is 10.9 Å². The maximum absolute atomic E-state index is 13.4. The lowest BCUT2D eigenvalue weighted by atomic mass is 9.92. The predicted molar refractivity (Wildman–Crippen MR) is 129 cm³/mol. The van der Waals surface area contributed by atoms with Crippen LogP contribution in [-0.2, 0) is 6.54 Å². The smallest absolute Gasteiger partial charge is 0.253 e. The van der Waals surface area contributed by atoms with Crippen LogP contribution in [-0.4, -0.2) is 43.2 Å². The summed E-state index contributed by atoms with van der Waals surface area (Å²) in [6.07, 6.45) is 5.94. The molecule has 0 unspecified atom stereocenters. The number of aryl methyl sites for hydroxylation is 1. The van der Waals surface area contributed by atoms with Gasteiger partial charge in [0.25, 0.3) is 5.56 Å². The molecule has 0 spiro atoms. The maximum atomic E-state index is 13.4. The second-order valence-electron chi connectivity index (χ2n) is 9.13. The van der Waals surface area contributed by atoms with Crippen LogP contribution in [0.3, 0.4) is 0 Å². The average molecular weight is 443 g/mol. The van der Waals surface area contributed by atoms with E-state index < -0.39 is 0 Å². The molecule has 2 aromatic carbocycles. The Morgan fingerprint density at radius 3 is 2.67 bits per heavy atom. The zero-order chi connectivity index (χ0) is 22.8. The number of fused-ring (bicyclic) bond motifs is 1. The number of benzene rings is 2. The van der Waals surface area contributed by atoms with E-state index in [9.17, 15) is 4.79 Å². The summed E-state index contributed by atoms with van der Waals surface area (Å²) < 4.78 is 1.83. The zero-order valence-electron chi connectivity index (χ0n) is 19.2. The van der Waals surface area contributed by atoms with Gasteiger partial charge in [-0.1, -0.05) is 67.8 Å². The molecule has 7 nitrogen and oxygen atoms in total. The molecular weight excluding hydrogens is 412 g/mol. The van der Waals surface area contributed by atoms with E-state index >= 15 is 0 Å². The molecule has 1 saturated carbocycles. The van der Waals surface area contributed by atoms with Crippen LogP contribution in [0.1, 0.15) is 60.7 Å². The SMILES string of the molecule is Cc1cccc2cc([C@H](c3nnnn3Cc3ccccc3)N(C)C3CCCCC3)c(=O)[nH]c12. The van der Waals surface area contributed by atoms with Gasteiger partial charge in [0.15, 0.2) is 5.82 Å². The predicted octanol–water partition coefficient (Wildman–Crippen LogP) is 4.23. The molecule has 7 heteroatoms. The minimum absolute atomic E-state index is 0.0845. The third kappa shape index (κ3) is 4.33. The second kappa shape index (κ2) is 9.27. The number of pyridine rings is 1. The number of hydrogen-bond acceptors (Lipinski definition) is 5. The Morgan fingerprint density at radius 1 is 1.09 bits per heavy atom.